The second kappa shape index (κ2) is 8.57. The summed E-state index contributed by atoms with van der Waals surface area (Å²) in [6.07, 6.45) is 5.70. The number of para-hydroxylation sites is 1. The summed E-state index contributed by atoms with van der Waals surface area (Å²) >= 11 is 0. The summed E-state index contributed by atoms with van der Waals surface area (Å²) in [7, 11) is 0. The topological polar surface area (TPSA) is 87.9 Å². The van der Waals surface area contributed by atoms with Gasteiger partial charge in [-0.3, -0.25) is 19.3 Å². The first-order valence-electron chi connectivity index (χ1n) is 11.4. The zero-order chi connectivity index (χ0) is 23.0. The Morgan fingerprint density at radius 2 is 1.64 bits per heavy atom. The first-order chi connectivity index (χ1) is 15.9. The van der Waals surface area contributed by atoms with Crippen molar-refractivity contribution in [3.8, 4) is 5.69 Å². The fraction of sp³-hybridized carbons (Fsp3) is 0.417. The van der Waals surface area contributed by atoms with Crippen LogP contribution in [0.5, 0.6) is 0 Å². The quantitative estimate of drug-likeness (QED) is 0.506. The lowest BCUT2D eigenvalue weighted by molar-refractivity contribution is 0.120. The van der Waals surface area contributed by atoms with E-state index >= 15 is 0 Å². The Kier molecular flexibility index (Phi) is 5.59. The molecule has 33 heavy (non-hydrogen) atoms. The number of benzene rings is 1. The summed E-state index contributed by atoms with van der Waals surface area (Å²) in [5, 5.41) is 9.40. The van der Waals surface area contributed by atoms with Crippen LogP contribution in [0.3, 0.4) is 0 Å². The van der Waals surface area contributed by atoms with Crippen LogP contribution in [0, 0.1) is 0 Å². The van der Waals surface area contributed by atoms with Crippen LogP contribution in [-0.4, -0.2) is 65.5 Å². The fourth-order valence-corrected chi connectivity index (χ4v) is 4.18. The zero-order valence-electron chi connectivity index (χ0n) is 19.4. The highest BCUT2D eigenvalue weighted by molar-refractivity contribution is 5.75. The Morgan fingerprint density at radius 3 is 2.30 bits per heavy atom. The van der Waals surface area contributed by atoms with E-state index in [9.17, 15) is 4.79 Å². The molecular weight excluding hydrogens is 416 g/mol. The number of aromatic nitrogens is 6. The van der Waals surface area contributed by atoms with E-state index in [1.807, 2.05) is 41.2 Å². The van der Waals surface area contributed by atoms with E-state index < -0.39 is 0 Å². The normalized spacial score (nSPS) is 16.0. The molecule has 172 valence electrons. The Hall–Kier alpha value is -3.30. The third-order valence-corrected chi connectivity index (χ3v) is 6.06. The van der Waals surface area contributed by atoms with Crippen LogP contribution in [0.1, 0.15) is 32.2 Å². The van der Waals surface area contributed by atoms with E-state index in [0.29, 0.717) is 23.4 Å². The molecule has 0 saturated carbocycles. The van der Waals surface area contributed by atoms with Crippen LogP contribution >= 0.6 is 0 Å². The van der Waals surface area contributed by atoms with Gasteiger partial charge in [0.2, 0.25) is 0 Å². The molecule has 1 aliphatic rings. The first-order valence-corrected chi connectivity index (χ1v) is 11.4. The molecule has 5 rings (SSSR count). The molecule has 0 bridgehead atoms. The molecule has 1 N–H and O–H groups in total. The monoisotopic (exact) mass is 446 g/mol. The van der Waals surface area contributed by atoms with Gasteiger partial charge in [0, 0.05) is 44.5 Å². The number of nitrogens with one attached hydrogen (secondary N) is 1. The van der Waals surface area contributed by atoms with Gasteiger partial charge in [-0.05, 0) is 32.9 Å². The molecule has 0 aliphatic carbocycles. The maximum absolute atomic E-state index is 12.6. The van der Waals surface area contributed by atoms with Crippen LogP contribution in [0.2, 0.25) is 0 Å². The van der Waals surface area contributed by atoms with Crippen molar-refractivity contribution in [2.45, 2.75) is 39.4 Å². The zero-order valence-corrected chi connectivity index (χ0v) is 19.4. The standard InChI is InChI=1S/C24H30N8O/c1-24(2,3)31-16-18(13-25-31)15-29-9-11-30(12-10-29)17-21-27-22-20(23(33)28-21)14-26-32(22)19-7-5-4-6-8-19/h4-8,13-14,16H,9-12,15,17H2,1-3H3,(H,27,28,33). The highest BCUT2D eigenvalue weighted by atomic mass is 16.1. The predicted molar refractivity (Wildman–Crippen MR) is 127 cm³/mol. The number of nitrogens with zero attached hydrogens (tertiary/aromatic N) is 7. The SMILES string of the molecule is CC(C)(C)n1cc(CN2CCN(Cc3nc4c(cnn4-c4ccccc4)c(=O)[nH]3)CC2)cn1. The average Bonchev–Trinajstić information content (AvgIpc) is 3.43. The largest absolute Gasteiger partial charge is 0.309 e. The van der Waals surface area contributed by atoms with E-state index in [4.69, 9.17) is 4.98 Å². The number of H-pyrrole nitrogens is 1. The van der Waals surface area contributed by atoms with Gasteiger partial charge in [-0.1, -0.05) is 18.2 Å². The second-order valence-electron chi connectivity index (χ2n) is 9.66. The molecular formula is C24H30N8O. The van der Waals surface area contributed by atoms with Crippen LogP contribution in [0.4, 0.5) is 0 Å². The Morgan fingerprint density at radius 1 is 0.939 bits per heavy atom. The minimum atomic E-state index is -0.147. The van der Waals surface area contributed by atoms with Gasteiger partial charge in [-0.15, -0.1) is 0 Å². The molecule has 0 unspecified atom stereocenters. The number of fused-ring (bicyclic) bond motifs is 1. The van der Waals surface area contributed by atoms with Crippen molar-refractivity contribution in [2.24, 2.45) is 0 Å². The van der Waals surface area contributed by atoms with E-state index in [0.717, 1.165) is 38.4 Å². The van der Waals surface area contributed by atoms with E-state index in [2.05, 4.69) is 51.9 Å². The molecule has 4 heterocycles. The first kappa shape index (κ1) is 21.5. The molecule has 1 aliphatic heterocycles. The Labute approximate surface area is 192 Å². The highest BCUT2D eigenvalue weighted by Crippen LogP contribution is 2.16. The molecule has 0 radical (unpaired) electrons. The number of hydrogen-bond acceptors (Lipinski definition) is 6. The minimum Gasteiger partial charge on any atom is -0.309 e. The van der Waals surface area contributed by atoms with Crippen LogP contribution in [0.25, 0.3) is 16.7 Å². The van der Waals surface area contributed by atoms with Crippen molar-refractivity contribution in [3.05, 3.63) is 70.7 Å². The lowest BCUT2D eigenvalue weighted by Crippen LogP contribution is -2.45. The molecule has 1 aromatic carbocycles. The van der Waals surface area contributed by atoms with Gasteiger partial charge in [-0.2, -0.15) is 10.2 Å². The summed E-state index contributed by atoms with van der Waals surface area (Å²) in [4.78, 5) is 25.1. The Balaban J connectivity index is 1.25. The van der Waals surface area contributed by atoms with Gasteiger partial charge in [0.1, 0.15) is 11.2 Å². The van der Waals surface area contributed by atoms with Crippen molar-refractivity contribution in [1.29, 1.82) is 0 Å². The fourth-order valence-electron chi connectivity index (χ4n) is 4.18. The molecule has 0 atom stereocenters. The second-order valence-corrected chi connectivity index (χ2v) is 9.66. The summed E-state index contributed by atoms with van der Waals surface area (Å²) in [6.45, 7) is 11.8. The van der Waals surface area contributed by atoms with Crippen molar-refractivity contribution >= 4 is 11.0 Å². The summed E-state index contributed by atoms with van der Waals surface area (Å²) in [6, 6.07) is 9.77. The molecule has 0 amide bonds. The van der Waals surface area contributed by atoms with Gasteiger partial charge in [0.15, 0.2) is 5.65 Å². The number of aromatic amines is 1. The minimum absolute atomic E-state index is 0.00213. The average molecular weight is 447 g/mol. The van der Waals surface area contributed by atoms with E-state index in [1.54, 1.807) is 10.9 Å². The van der Waals surface area contributed by atoms with Crippen molar-refractivity contribution in [3.63, 3.8) is 0 Å². The lowest BCUT2D eigenvalue weighted by atomic mass is 10.1. The molecule has 9 heteroatoms. The van der Waals surface area contributed by atoms with E-state index in [1.165, 1.54) is 5.56 Å². The van der Waals surface area contributed by atoms with Gasteiger partial charge in [-0.25, -0.2) is 9.67 Å². The molecule has 3 aromatic heterocycles. The summed E-state index contributed by atoms with van der Waals surface area (Å²) < 4.78 is 3.75. The molecule has 1 fully saturated rings. The Bertz CT molecular complexity index is 1290. The third kappa shape index (κ3) is 4.60. The molecule has 1 saturated heterocycles. The third-order valence-electron chi connectivity index (χ3n) is 6.06. The van der Waals surface area contributed by atoms with Crippen molar-refractivity contribution in [1.82, 2.24) is 39.3 Å². The van der Waals surface area contributed by atoms with E-state index in [-0.39, 0.29) is 11.1 Å². The summed E-state index contributed by atoms with van der Waals surface area (Å²) in [5.74, 6) is 0.671. The van der Waals surface area contributed by atoms with Gasteiger partial charge < -0.3 is 4.98 Å². The number of hydrogen-bond donors (Lipinski definition) is 1. The maximum atomic E-state index is 12.6. The van der Waals surface area contributed by atoms with Crippen LogP contribution < -0.4 is 5.56 Å². The number of piperazine rings is 1. The summed E-state index contributed by atoms with van der Waals surface area (Å²) in [5.41, 5.74) is 2.57. The smallest absolute Gasteiger partial charge is 0.262 e. The van der Waals surface area contributed by atoms with Crippen LogP contribution in [0.15, 0.2) is 53.7 Å². The van der Waals surface area contributed by atoms with Crippen molar-refractivity contribution in [2.75, 3.05) is 26.2 Å². The molecule has 9 nitrogen and oxygen atoms in total. The van der Waals surface area contributed by atoms with Crippen LogP contribution in [-0.2, 0) is 18.6 Å². The van der Waals surface area contributed by atoms with Gasteiger partial charge >= 0.3 is 0 Å². The maximum Gasteiger partial charge on any atom is 0.262 e. The number of rotatable bonds is 5. The molecule has 4 aromatic rings. The predicted octanol–water partition coefficient (Wildman–Crippen LogP) is 2.38. The molecule has 0 spiro atoms. The van der Waals surface area contributed by atoms with Crippen molar-refractivity contribution < 1.29 is 0 Å². The van der Waals surface area contributed by atoms with Gasteiger partial charge in [0.05, 0.1) is 30.2 Å². The lowest BCUT2D eigenvalue weighted by Gasteiger charge is -2.34. The highest BCUT2D eigenvalue weighted by Gasteiger charge is 2.20. The van der Waals surface area contributed by atoms with Gasteiger partial charge in [0.25, 0.3) is 5.56 Å².